The molecule has 4 nitrogen and oxygen atoms in total. The van der Waals surface area contributed by atoms with Crippen LogP contribution in [0.4, 0.5) is 39.5 Å². The van der Waals surface area contributed by atoms with Gasteiger partial charge >= 0.3 is 27.2 Å². The van der Waals surface area contributed by atoms with Gasteiger partial charge in [0.05, 0.1) is 0 Å². The summed E-state index contributed by atoms with van der Waals surface area (Å²) < 4.78 is 152. The molecule has 0 saturated carbocycles. The molecule has 14 heteroatoms. The van der Waals surface area contributed by atoms with Gasteiger partial charge in [-0.2, -0.15) is 39.2 Å². The monoisotopic (exact) mass is 547 g/mol. The average molecular weight is 547 g/mol. The molecule has 2 unspecified atom stereocenters. The van der Waals surface area contributed by atoms with E-state index < -0.39 is 63.9 Å². The first-order valence-electron chi connectivity index (χ1n) is 10.1. The lowest BCUT2D eigenvalue weighted by molar-refractivity contribution is -0.313. The van der Waals surface area contributed by atoms with E-state index in [2.05, 4.69) is 9.44 Å². The van der Waals surface area contributed by atoms with Crippen molar-refractivity contribution in [1.29, 1.82) is 0 Å². The van der Waals surface area contributed by atoms with Gasteiger partial charge in [-0.3, -0.25) is 4.28 Å². The summed E-state index contributed by atoms with van der Waals surface area (Å²) in [6, 6.07) is 10.8. The van der Waals surface area contributed by atoms with Crippen LogP contribution in [0.3, 0.4) is 0 Å². The van der Waals surface area contributed by atoms with Gasteiger partial charge in [0.15, 0.2) is 5.71 Å². The van der Waals surface area contributed by atoms with Gasteiger partial charge in [-0.1, -0.05) is 41.6 Å². The van der Waals surface area contributed by atoms with Crippen molar-refractivity contribution < 1.29 is 52.2 Å². The van der Waals surface area contributed by atoms with Crippen molar-refractivity contribution in [2.75, 3.05) is 0 Å². The van der Waals surface area contributed by atoms with Crippen LogP contribution < -0.4 is 0 Å². The van der Waals surface area contributed by atoms with E-state index in [-0.39, 0.29) is 6.92 Å². The van der Waals surface area contributed by atoms with Gasteiger partial charge in [0.2, 0.25) is 0 Å². The van der Waals surface area contributed by atoms with Gasteiger partial charge in [-0.25, -0.2) is 8.78 Å². The number of hydrogen-bond acceptors (Lipinski definition) is 4. The second kappa shape index (κ2) is 8.38. The summed E-state index contributed by atoms with van der Waals surface area (Å²) in [7, 11) is -6.56. The first-order chi connectivity index (χ1) is 16.1. The summed E-state index contributed by atoms with van der Waals surface area (Å²) in [6.07, 6.45) is -6.09. The Morgan fingerprint density at radius 1 is 0.833 bits per heavy atom. The van der Waals surface area contributed by atoms with Crippen molar-refractivity contribution in [2.24, 2.45) is 5.16 Å². The molecular formula is C22H18F9NO3S. The molecule has 0 radical (unpaired) electrons. The van der Waals surface area contributed by atoms with Crippen LogP contribution in [0, 0.1) is 0 Å². The number of benzene rings is 2. The van der Waals surface area contributed by atoms with Crippen molar-refractivity contribution >= 4 is 15.8 Å². The Balaban J connectivity index is 2.01. The highest BCUT2D eigenvalue weighted by Crippen LogP contribution is 2.53. The minimum Gasteiger partial charge on any atom is -0.265 e. The molecule has 0 amide bonds. The van der Waals surface area contributed by atoms with Gasteiger partial charge in [0.25, 0.3) is 11.6 Å². The quantitative estimate of drug-likeness (QED) is 0.191. The Morgan fingerprint density at radius 2 is 1.39 bits per heavy atom. The van der Waals surface area contributed by atoms with Crippen LogP contribution in [-0.2, 0) is 20.8 Å². The topological polar surface area (TPSA) is 55.7 Å². The fourth-order valence-corrected chi connectivity index (χ4v) is 4.41. The van der Waals surface area contributed by atoms with E-state index in [1.54, 1.807) is 24.3 Å². The number of alkyl halides is 9. The summed E-state index contributed by atoms with van der Waals surface area (Å²) in [4.78, 5) is 0. The Bertz CT molecular complexity index is 1310. The van der Waals surface area contributed by atoms with Crippen LogP contribution in [0.25, 0.3) is 11.1 Å². The highest BCUT2D eigenvalue weighted by Gasteiger charge is 2.79. The lowest BCUT2D eigenvalue weighted by atomic mass is 9.95. The Morgan fingerprint density at radius 3 is 1.94 bits per heavy atom. The first-order valence-corrected chi connectivity index (χ1v) is 11.5. The van der Waals surface area contributed by atoms with E-state index in [0.29, 0.717) is 17.5 Å². The molecule has 0 N–H and O–H groups in total. The highest BCUT2D eigenvalue weighted by molar-refractivity contribution is 7.88. The normalized spacial score (nSPS) is 18.2. The second-order valence-corrected chi connectivity index (χ2v) is 10.4. The fraction of sp³-hybridized carbons (Fsp3) is 0.409. The zero-order chi connectivity index (χ0) is 27.5. The Hall–Kier alpha value is -2.77. The molecular weight excluding hydrogens is 529 g/mol. The third-order valence-corrected chi connectivity index (χ3v) is 7.33. The van der Waals surface area contributed by atoms with Crippen molar-refractivity contribution in [3.8, 4) is 11.1 Å². The van der Waals surface area contributed by atoms with Gasteiger partial charge in [0.1, 0.15) is 0 Å². The molecule has 3 rings (SSSR count). The largest absolute Gasteiger partial charge is 0.428 e. The number of fused-ring (bicyclic) bond motifs is 3. The van der Waals surface area contributed by atoms with E-state index in [1.807, 2.05) is 0 Å². The molecule has 0 saturated heterocycles. The van der Waals surface area contributed by atoms with Crippen LogP contribution >= 0.6 is 0 Å². The minimum absolute atomic E-state index is 0.245. The second-order valence-electron chi connectivity index (χ2n) is 8.55. The molecule has 0 aliphatic heterocycles. The maximum Gasteiger partial charge on any atom is 0.428 e. The molecule has 36 heavy (non-hydrogen) atoms. The zero-order valence-corrected chi connectivity index (χ0v) is 19.5. The Labute approximate surface area is 199 Å². The number of rotatable bonds is 7. The molecule has 0 aromatic heterocycles. The van der Waals surface area contributed by atoms with E-state index in [1.165, 1.54) is 12.1 Å². The first kappa shape index (κ1) is 27.8. The summed E-state index contributed by atoms with van der Waals surface area (Å²) >= 11 is 0. The molecule has 1 aliphatic rings. The van der Waals surface area contributed by atoms with Crippen LogP contribution in [0.5, 0.6) is 0 Å². The fourth-order valence-electron chi connectivity index (χ4n) is 3.59. The SMILES string of the molecule is CC(F)(F)C(=NOS(=O)(=O)C(C)(F)C(F)(F)C(C)(F)C(F)(F)F)c1ccc2c(c1)Cc1ccccc1-2. The maximum absolute atomic E-state index is 14.7. The molecule has 2 aromatic carbocycles. The van der Waals surface area contributed by atoms with E-state index in [0.717, 1.165) is 17.2 Å². The molecule has 2 aromatic rings. The van der Waals surface area contributed by atoms with E-state index in [9.17, 15) is 47.9 Å². The molecule has 0 spiro atoms. The van der Waals surface area contributed by atoms with E-state index in [4.69, 9.17) is 0 Å². The van der Waals surface area contributed by atoms with Gasteiger partial charge in [0, 0.05) is 12.5 Å². The average Bonchev–Trinajstić information content (AvgIpc) is 3.09. The third kappa shape index (κ3) is 4.33. The van der Waals surface area contributed by atoms with Crippen LogP contribution in [-0.4, -0.2) is 42.8 Å². The molecule has 0 bridgehead atoms. The molecule has 0 fully saturated rings. The molecule has 1 aliphatic carbocycles. The molecule has 198 valence electrons. The van der Waals surface area contributed by atoms with Crippen molar-refractivity contribution in [3.63, 3.8) is 0 Å². The van der Waals surface area contributed by atoms with Crippen molar-refractivity contribution in [1.82, 2.24) is 0 Å². The third-order valence-electron chi connectivity index (χ3n) is 5.86. The van der Waals surface area contributed by atoms with Crippen molar-refractivity contribution in [3.05, 3.63) is 59.2 Å². The highest BCUT2D eigenvalue weighted by atomic mass is 32.2. The summed E-state index contributed by atoms with van der Waals surface area (Å²) in [6.45, 7) is -1.11. The van der Waals surface area contributed by atoms with Gasteiger partial charge in [-0.15, -0.1) is 0 Å². The lowest BCUT2D eigenvalue weighted by Gasteiger charge is -2.37. The van der Waals surface area contributed by atoms with Gasteiger partial charge in [-0.05, 0) is 48.6 Å². The standard InChI is InChI=1S/C22H18F9NO3S/c1-18(23,24)17(13-8-9-16-14(11-13)10-12-6-4-5-7-15(12)16)32-35-36(33,34)20(3,26)21(27,28)19(2,25)22(29,30)31/h4-9,11H,10H2,1-3H3. The molecule has 2 atom stereocenters. The van der Waals surface area contributed by atoms with Crippen LogP contribution in [0.15, 0.2) is 47.6 Å². The van der Waals surface area contributed by atoms with Crippen LogP contribution in [0.2, 0.25) is 0 Å². The smallest absolute Gasteiger partial charge is 0.265 e. The zero-order valence-electron chi connectivity index (χ0n) is 18.7. The van der Waals surface area contributed by atoms with Gasteiger partial charge < -0.3 is 0 Å². The summed E-state index contributed by atoms with van der Waals surface area (Å²) in [5, 5.41) is -2.73. The Kier molecular flexibility index (Phi) is 6.48. The predicted molar refractivity (Wildman–Crippen MR) is 112 cm³/mol. The van der Waals surface area contributed by atoms with Crippen molar-refractivity contribution in [2.45, 2.75) is 55.9 Å². The number of hydrogen-bond donors (Lipinski definition) is 0. The maximum atomic E-state index is 14.7. The van der Waals surface area contributed by atoms with E-state index >= 15 is 0 Å². The lowest BCUT2D eigenvalue weighted by Crippen LogP contribution is -2.64. The summed E-state index contributed by atoms with van der Waals surface area (Å²) in [5.74, 6) is -10.2. The van der Waals surface area contributed by atoms with Crippen LogP contribution in [0.1, 0.15) is 37.5 Å². The minimum atomic E-state index is -6.56. The predicted octanol–water partition coefficient (Wildman–Crippen LogP) is 6.58. The number of nitrogens with zero attached hydrogens (tertiary/aromatic N) is 1. The summed E-state index contributed by atoms with van der Waals surface area (Å²) in [5.41, 5.74) is -4.67. The number of halogens is 9. The number of oxime groups is 1. The molecule has 0 heterocycles.